The van der Waals surface area contributed by atoms with Crippen LogP contribution in [0.1, 0.15) is 23.1 Å². The molecule has 0 radical (unpaired) electrons. The van der Waals surface area contributed by atoms with Crippen molar-refractivity contribution in [3.8, 4) is 0 Å². The minimum absolute atomic E-state index is 0.0556. The molecule has 10 heteroatoms. The summed E-state index contributed by atoms with van der Waals surface area (Å²) in [5, 5.41) is 13.9. The molecule has 3 saturated heterocycles. The number of ether oxygens (including phenoxy) is 3. The van der Waals surface area contributed by atoms with Crippen LogP contribution in [0.25, 0.3) is 0 Å². The minimum Gasteiger partial charge on any atom is -0.458 e. The molecule has 7 rings (SSSR count). The molecule has 0 aromatic heterocycles. The van der Waals surface area contributed by atoms with Gasteiger partial charge in [0.2, 0.25) is 11.7 Å². The van der Waals surface area contributed by atoms with E-state index >= 15 is 0 Å². The van der Waals surface area contributed by atoms with Crippen molar-refractivity contribution >= 4 is 34.5 Å². The van der Waals surface area contributed by atoms with Crippen LogP contribution in [0.3, 0.4) is 0 Å². The predicted octanol–water partition coefficient (Wildman–Crippen LogP) is 2.88. The van der Waals surface area contributed by atoms with Crippen LogP contribution in [-0.2, 0) is 41.0 Å². The summed E-state index contributed by atoms with van der Waals surface area (Å²) >= 11 is 2.24. The van der Waals surface area contributed by atoms with Crippen LogP contribution in [0, 0.1) is 8.99 Å². The average molecular weight is 668 g/mol. The third-order valence-electron chi connectivity index (χ3n) is 8.51. The number of carbonyl (C=O) groups excluding carboxylic acids is 2. The molecule has 6 atom stereocenters. The third-order valence-corrected chi connectivity index (χ3v) is 9.18. The van der Waals surface area contributed by atoms with Gasteiger partial charge in [0.05, 0.1) is 13.2 Å². The maximum absolute atomic E-state index is 14.0. The van der Waals surface area contributed by atoms with E-state index in [9.17, 15) is 14.7 Å². The Balaban J connectivity index is 1.34. The van der Waals surface area contributed by atoms with E-state index in [-0.39, 0.29) is 32.0 Å². The van der Waals surface area contributed by atoms with Crippen molar-refractivity contribution in [1.82, 2.24) is 10.4 Å². The summed E-state index contributed by atoms with van der Waals surface area (Å²) < 4.78 is 20.8. The fourth-order valence-corrected chi connectivity index (χ4v) is 7.45. The first-order chi connectivity index (χ1) is 20.0. The van der Waals surface area contributed by atoms with Gasteiger partial charge in [0.25, 0.3) is 0 Å². The SMILES string of the molecule is O=C1O[C@@H]2C[C@@]3(C(=O)NCCO)[C@H](ON(Cc4cccc(I)c4)[C@@H]13)[C@H]1OC(c3ccccc3)(c3ccccc3)O[C@H]12. The van der Waals surface area contributed by atoms with Gasteiger partial charge in [-0.2, -0.15) is 5.06 Å². The van der Waals surface area contributed by atoms with Gasteiger partial charge in [0.15, 0.2) is 6.04 Å². The monoisotopic (exact) mass is 668 g/mol. The van der Waals surface area contributed by atoms with Crippen molar-refractivity contribution in [2.24, 2.45) is 5.41 Å². The van der Waals surface area contributed by atoms with Gasteiger partial charge in [-0.15, -0.1) is 0 Å². The van der Waals surface area contributed by atoms with Gasteiger partial charge in [0, 0.05) is 27.7 Å². The maximum atomic E-state index is 14.0. The molecule has 4 aliphatic rings. The number of esters is 1. The zero-order valence-electron chi connectivity index (χ0n) is 22.0. The van der Waals surface area contributed by atoms with Gasteiger partial charge in [0.1, 0.15) is 29.8 Å². The molecule has 4 fully saturated rings. The van der Waals surface area contributed by atoms with Crippen molar-refractivity contribution in [3.05, 3.63) is 105 Å². The Hall–Kier alpha value is -2.87. The molecule has 41 heavy (non-hydrogen) atoms. The second-order valence-electron chi connectivity index (χ2n) is 10.8. The zero-order chi connectivity index (χ0) is 28.2. The Morgan fingerprint density at radius 3 is 2.32 bits per heavy atom. The Labute approximate surface area is 250 Å². The van der Waals surface area contributed by atoms with Gasteiger partial charge < -0.3 is 24.6 Å². The highest BCUT2D eigenvalue weighted by atomic mass is 127. The molecule has 3 aromatic carbocycles. The van der Waals surface area contributed by atoms with Gasteiger partial charge in [-0.05, 0) is 40.3 Å². The Kier molecular flexibility index (Phi) is 6.87. The molecule has 2 N–H and O–H groups in total. The van der Waals surface area contributed by atoms with Gasteiger partial charge in [-0.25, -0.2) is 0 Å². The number of aliphatic hydroxyl groups excluding tert-OH is 1. The lowest BCUT2D eigenvalue weighted by atomic mass is 9.62. The summed E-state index contributed by atoms with van der Waals surface area (Å²) in [6.45, 7) is 0.0996. The topological polar surface area (TPSA) is 107 Å². The van der Waals surface area contributed by atoms with E-state index in [4.69, 9.17) is 19.0 Å². The van der Waals surface area contributed by atoms with E-state index in [1.165, 1.54) is 0 Å². The quantitative estimate of drug-likeness (QED) is 0.293. The summed E-state index contributed by atoms with van der Waals surface area (Å²) in [7, 11) is 0. The van der Waals surface area contributed by atoms with Crippen molar-refractivity contribution in [2.45, 2.75) is 49.2 Å². The first-order valence-electron chi connectivity index (χ1n) is 13.7. The number of hydrogen-bond acceptors (Lipinski definition) is 8. The summed E-state index contributed by atoms with van der Waals surface area (Å²) in [4.78, 5) is 34.3. The molecule has 3 aliphatic heterocycles. The minimum atomic E-state index is -1.30. The summed E-state index contributed by atoms with van der Waals surface area (Å²) in [5.74, 6) is -2.20. The van der Waals surface area contributed by atoms with Gasteiger partial charge in [-0.1, -0.05) is 72.8 Å². The lowest BCUT2D eigenvalue weighted by Gasteiger charge is -2.48. The molecule has 0 unspecified atom stereocenters. The molecule has 2 bridgehead atoms. The third kappa shape index (κ3) is 4.23. The standard InChI is InChI=1S/C31H29IN2O7/c32-22-13-7-8-19(16-22)18-34-26-28(36)38-23-17-30(26,29(37)33-14-15-35)27(41-34)25-24(23)39-31(40-25,20-9-3-1-4-10-20)21-11-5-2-6-12-21/h1-13,16,23-27,35H,14-15,17-18H2,(H,33,37)/t23-,24+,25+,26+,27-,30+/m1/s1. The Morgan fingerprint density at radius 2 is 1.66 bits per heavy atom. The number of fused-ring (bicyclic) bond motifs is 4. The van der Waals surface area contributed by atoms with Crippen LogP contribution >= 0.6 is 22.6 Å². The van der Waals surface area contributed by atoms with E-state index in [0.717, 1.165) is 20.3 Å². The lowest BCUT2D eigenvalue weighted by Crippen LogP contribution is -2.69. The van der Waals surface area contributed by atoms with Crippen LogP contribution in [0.4, 0.5) is 0 Å². The number of benzene rings is 3. The van der Waals surface area contributed by atoms with Crippen LogP contribution in [0.2, 0.25) is 0 Å². The fourth-order valence-electron chi connectivity index (χ4n) is 6.84. The van der Waals surface area contributed by atoms with E-state index in [1.807, 2.05) is 84.9 Å². The smallest absolute Gasteiger partial charge is 0.327 e. The number of rotatable bonds is 7. The number of aliphatic hydroxyl groups is 1. The zero-order valence-corrected chi connectivity index (χ0v) is 24.2. The number of hydroxylamine groups is 2. The molecule has 9 nitrogen and oxygen atoms in total. The summed E-state index contributed by atoms with van der Waals surface area (Å²) in [5.41, 5.74) is 1.20. The van der Waals surface area contributed by atoms with Crippen molar-refractivity contribution in [2.75, 3.05) is 13.2 Å². The van der Waals surface area contributed by atoms with Crippen molar-refractivity contribution < 1.29 is 33.7 Å². The summed E-state index contributed by atoms with van der Waals surface area (Å²) in [6.07, 6.45) is -2.77. The Morgan fingerprint density at radius 1 is 0.976 bits per heavy atom. The highest BCUT2D eigenvalue weighted by Crippen LogP contribution is 2.59. The Bertz CT molecular complexity index is 1420. The molecule has 1 saturated carbocycles. The molecule has 1 amide bonds. The molecule has 1 aliphatic carbocycles. The number of nitrogens with one attached hydrogen (secondary N) is 1. The first-order valence-corrected chi connectivity index (χ1v) is 14.8. The second kappa shape index (κ2) is 10.4. The molecule has 3 aromatic rings. The lowest BCUT2D eigenvalue weighted by molar-refractivity contribution is -0.213. The number of nitrogens with zero attached hydrogens (tertiary/aromatic N) is 1. The van der Waals surface area contributed by atoms with E-state index in [0.29, 0.717) is 0 Å². The van der Waals surface area contributed by atoms with Crippen LogP contribution in [0.5, 0.6) is 0 Å². The fraction of sp³-hybridized carbons (Fsp3) is 0.355. The molecule has 212 valence electrons. The second-order valence-corrected chi connectivity index (χ2v) is 12.1. The predicted molar refractivity (Wildman–Crippen MR) is 154 cm³/mol. The molecule has 3 heterocycles. The van der Waals surface area contributed by atoms with Gasteiger partial charge >= 0.3 is 5.97 Å². The average Bonchev–Trinajstić information content (AvgIpc) is 3.56. The van der Waals surface area contributed by atoms with Crippen LogP contribution < -0.4 is 5.32 Å². The largest absolute Gasteiger partial charge is 0.458 e. The molecular weight excluding hydrogens is 639 g/mol. The van der Waals surface area contributed by atoms with E-state index < -0.39 is 47.6 Å². The van der Waals surface area contributed by atoms with Gasteiger partial charge in [-0.3, -0.25) is 14.4 Å². The van der Waals surface area contributed by atoms with Crippen LogP contribution in [-0.4, -0.2) is 65.7 Å². The number of amides is 1. The summed E-state index contributed by atoms with van der Waals surface area (Å²) in [6, 6.07) is 26.2. The molecule has 0 spiro atoms. The van der Waals surface area contributed by atoms with E-state index in [2.05, 4.69) is 27.9 Å². The number of carbonyl (C=O) groups is 2. The highest BCUT2D eigenvalue weighted by Gasteiger charge is 2.76. The first kappa shape index (κ1) is 27.0. The van der Waals surface area contributed by atoms with Crippen LogP contribution in [0.15, 0.2) is 84.9 Å². The van der Waals surface area contributed by atoms with Crippen molar-refractivity contribution in [1.29, 1.82) is 0 Å². The molecular formula is C31H29IN2O7. The highest BCUT2D eigenvalue weighted by molar-refractivity contribution is 14.1. The number of halogens is 1. The number of hydrogen-bond donors (Lipinski definition) is 2. The van der Waals surface area contributed by atoms with Crippen molar-refractivity contribution in [3.63, 3.8) is 0 Å². The normalized spacial score (nSPS) is 31.4. The maximum Gasteiger partial charge on any atom is 0.327 e. The van der Waals surface area contributed by atoms with E-state index in [1.54, 1.807) is 5.06 Å².